The predicted octanol–water partition coefficient (Wildman–Crippen LogP) is 4.40. The molecule has 0 bridgehead atoms. The minimum Gasteiger partial charge on any atom is -0.497 e. The first-order valence-electron chi connectivity index (χ1n) is 8.32. The van der Waals surface area contributed by atoms with Crippen LogP contribution in [-0.2, 0) is 13.0 Å². The predicted molar refractivity (Wildman–Crippen MR) is 101 cm³/mol. The van der Waals surface area contributed by atoms with E-state index < -0.39 is 0 Å². The molecule has 3 aromatic rings. The molecule has 0 radical (unpaired) electrons. The Labute approximate surface area is 148 Å². The van der Waals surface area contributed by atoms with E-state index >= 15 is 0 Å². The number of hydrogen-bond donors (Lipinski definition) is 2. The Balaban J connectivity index is 1.62. The maximum Gasteiger partial charge on any atom is 0.229 e. The number of rotatable bonds is 7. The van der Waals surface area contributed by atoms with E-state index in [0.717, 1.165) is 29.2 Å². The van der Waals surface area contributed by atoms with Gasteiger partial charge in [-0.15, -0.1) is 0 Å². The fraction of sp³-hybridized carbons (Fsp3) is 0.200. The van der Waals surface area contributed by atoms with Crippen LogP contribution in [0.15, 0.2) is 60.8 Å². The van der Waals surface area contributed by atoms with Crippen molar-refractivity contribution < 1.29 is 4.74 Å². The minimum atomic E-state index is 0.573. The van der Waals surface area contributed by atoms with Crippen LogP contribution in [-0.4, -0.2) is 17.1 Å². The van der Waals surface area contributed by atoms with E-state index in [1.165, 1.54) is 5.56 Å². The van der Waals surface area contributed by atoms with Crippen molar-refractivity contribution in [1.29, 1.82) is 0 Å². The van der Waals surface area contributed by atoms with Gasteiger partial charge in [0, 0.05) is 18.4 Å². The summed E-state index contributed by atoms with van der Waals surface area (Å²) in [5, 5.41) is 6.54. The first-order valence-corrected chi connectivity index (χ1v) is 8.32. The Hall–Kier alpha value is -3.08. The van der Waals surface area contributed by atoms with Gasteiger partial charge < -0.3 is 15.4 Å². The van der Waals surface area contributed by atoms with Crippen molar-refractivity contribution in [2.75, 3.05) is 17.7 Å². The van der Waals surface area contributed by atoms with Crippen LogP contribution in [0, 0.1) is 0 Å². The molecule has 0 amide bonds. The van der Waals surface area contributed by atoms with Gasteiger partial charge in [-0.3, -0.25) is 0 Å². The van der Waals surface area contributed by atoms with E-state index in [1.807, 2.05) is 42.5 Å². The van der Waals surface area contributed by atoms with E-state index in [2.05, 4.69) is 39.7 Å². The van der Waals surface area contributed by atoms with Crippen LogP contribution in [0.25, 0.3) is 0 Å². The Bertz CT molecular complexity index is 801. The third kappa shape index (κ3) is 4.70. The summed E-state index contributed by atoms with van der Waals surface area (Å²) in [5.41, 5.74) is 3.44. The molecule has 0 unspecified atom stereocenters. The molecule has 25 heavy (non-hydrogen) atoms. The number of aromatic nitrogens is 2. The smallest absolute Gasteiger partial charge is 0.229 e. The normalized spacial score (nSPS) is 10.3. The number of aryl methyl sites for hydroxylation is 1. The van der Waals surface area contributed by atoms with Crippen molar-refractivity contribution in [3.8, 4) is 5.75 Å². The van der Waals surface area contributed by atoms with Crippen LogP contribution in [0.4, 0.5) is 17.5 Å². The highest BCUT2D eigenvalue weighted by Gasteiger charge is 2.01. The number of anilines is 3. The van der Waals surface area contributed by atoms with E-state index in [-0.39, 0.29) is 0 Å². The quantitative estimate of drug-likeness (QED) is 0.670. The van der Waals surface area contributed by atoms with E-state index in [1.54, 1.807) is 13.3 Å². The molecule has 0 fully saturated rings. The van der Waals surface area contributed by atoms with Crippen LogP contribution in [0.1, 0.15) is 18.1 Å². The molecule has 1 aromatic heterocycles. The Morgan fingerprint density at radius 2 is 1.64 bits per heavy atom. The van der Waals surface area contributed by atoms with Gasteiger partial charge in [-0.2, -0.15) is 4.98 Å². The molecular formula is C20H22N4O. The summed E-state index contributed by atoms with van der Waals surface area (Å²) in [6.07, 6.45) is 2.77. The molecule has 0 spiro atoms. The zero-order chi connectivity index (χ0) is 17.5. The average molecular weight is 334 g/mol. The first-order chi connectivity index (χ1) is 12.3. The Morgan fingerprint density at radius 1 is 0.920 bits per heavy atom. The molecule has 0 atom stereocenters. The van der Waals surface area contributed by atoms with Crippen LogP contribution in [0.3, 0.4) is 0 Å². The Morgan fingerprint density at radius 3 is 2.32 bits per heavy atom. The van der Waals surface area contributed by atoms with Gasteiger partial charge in [0.25, 0.3) is 0 Å². The van der Waals surface area contributed by atoms with Crippen molar-refractivity contribution in [2.45, 2.75) is 19.9 Å². The SMILES string of the molecule is CCc1ccc(Nc2nccc(NCc3ccc(OC)cc3)n2)cc1. The standard InChI is InChI=1S/C20H22N4O/c1-3-15-4-8-17(9-5-15)23-20-21-13-12-19(24-20)22-14-16-6-10-18(25-2)11-7-16/h4-13H,3,14H2,1-2H3,(H2,21,22,23,24). The lowest BCUT2D eigenvalue weighted by Crippen LogP contribution is -2.04. The molecule has 2 N–H and O–H groups in total. The van der Waals surface area contributed by atoms with Crippen LogP contribution in [0.2, 0.25) is 0 Å². The maximum atomic E-state index is 5.17. The number of hydrogen-bond acceptors (Lipinski definition) is 5. The van der Waals surface area contributed by atoms with E-state index in [0.29, 0.717) is 12.5 Å². The zero-order valence-corrected chi connectivity index (χ0v) is 14.5. The van der Waals surface area contributed by atoms with Crippen molar-refractivity contribution in [3.05, 3.63) is 71.9 Å². The van der Waals surface area contributed by atoms with E-state index in [4.69, 9.17) is 4.74 Å². The molecule has 5 heteroatoms. The third-order valence-corrected chi connectivity index (χ3v) is 3.91. The van der Waals surface area contributed by atoms with Crippen LogP contribution >= 0.6 is 0 Å². The lowest BCUT2D eigenvalue weighted by atomic mass is 10.1. The summed E-state index contributed by atoms with van der Waals surface area (Å²) in [5.74, 6) is 2.20. The lowest BCUT2D eigenvalue weighted by molar-refractivity contribution is 0.414. The fourth-order valence-corrected chi connectivity index (χ4v) is 2.41. The molecule has 3 rings (SSSR count). The number of nitrogens with one attached hydrogen (secondary N) is 2. The molecule has 2 aromatic carbocycles. The molecule has 0 aliphatic rings. The summed E-state index contributed by atoms with van der Waals surface area (Å²) >= 11 is 0. The molecule has 0 aliphatic heterocycles. The summed E-state index contributed by atoms with van der Waals surface area (Å²) in [6, 6.07) is 18.1. The van der Waals surface area contributed by atoms with Crippen LogP contribution < -0.4 is 15.4 Å². The number of benzene rings is 2. The second-order valence-electron chi connectivity index (χ2n) is 5.64. The van der Waals surface area contributed by atoms with Gasteiger partial charge in [0.05, 0.1) is 7.11 Å². The highest BCUT2D eigenvalue weighted by molar-refractivity contribution is 5.55. The highest BCUT2D eigenvalue weighted by atomic mass is 16.5. The molecule has 128 valence electrons. The zero-order valence-electron chi connectivity index (χ0n) is 14.5. The van der Waals surface area contributed by atoms with Gasteiger partial charge in [-0.1, -0.05) is 31.2 Å². The molecular weight excluding hydrogens is 312 g/mol. The topological polar surface area (TPSA) is 59.1 Å². The largest absolute Gasteiger partial charge is 0.497 e. The van der Waals surface area contributed by atoms with Crippen molar-refractivity contribution in [1.82, 2.24) is 9.97 Å². The third-order valence-electron chi connectivity index (χ3n) is 3.91. The molecule has 0 saturated carbocycles. The second-order valence-corrected chi connectivity index (χ2v) is 5.64. The molecule has 1 heterocycles. The second kappa shape index (κ2) is 8.15. The monoisotopic (exact) mass is 334 g/mol. The molecule has 0 aliphatic carbocycles. The number of nitrogens with zero attached hydrogens (tertiary/aromatic N) is 2. The molecule has 5 nitrogen and oxygen atoms in total. The van der Waals surface area contributed by atoms with Crippen LogP contribution in [0.5, 0.6) is 5.75 Å². The van der Waals surface area contributed by atoms with Gasteiger partial charge >= 0.3 is 0 Å². The van der Waals surface area contributed by atoms with Gasteiger partial charge in [0.2, 0.25) is 5.95 Å². The first kappa shape index (κ1) is 16.8. The summed E-state index contributed by atoms with van der Waals surface area (Å²) < 4.78 is 5.17. The highest BCUT2D eigenvalue weighted by Crippen LogP contribution is 2.16. The van der Waals surface area contributed by atoms with Gasteiger partial charge in [0.15, 0.2) is 0 Å². The van der Waals surface area contributed by atoms with Gasteiger partial charge in [-0.25, -0.2) is 4.98 Å². The average Bonchev–Trinajstić information content (AvgIpc) is 2.68. The maximum absolute atomic E-state index is 5.17. The minimum absolute atomic E-state index is 0.573. The van der Waals surface area contributed by atoms with Gasteiger partial charge in [0.1, 0.15) is 11.6 Å². The Kier molecular flexibility index (Phi) is 5.46. The summed E-state index contributed by atoms with van der Waals surface area (Å²) in [4.78, 5) is 8.78. The van der Waals surface area contributed by atoms with Crippen molar-refractivity contribution in [2.24, 2.45) is 0 Å². The summed E-state index contributed by atoms with van der Waals surface area (Å²) in [6.45, 7) is 2.83. The van der Waals surface area contributed by atoms with E-state index in [9.17, 15) is 0 Å². The fourth-order valence-electron chi connectivity index (χ4n) is 2.41. The van der Waals surface area contributed by atoms with Gasteiger partial charge in [-0.05, 0) is 47.9 Å². The lowest BCUT2D eigenvalue weighted by Gasteiger charge is -2.09. The number of ether oxygens (including phenoxy) is 1. The summed E-state index contributed by atoms with van der Waals surface area (Å²) in [7, 11) is 1.67. The number of methoxy groups -OCH3 is 1. The molecule has 0 saturated heterocycles. The van der Waals surface area contributed by atoms with Crippen molar-refractivity contribution in [3.63, 3.8) is 0 Å². The van der Waals surface area contributed by atoms with Crippen molar-refractivity contribution >= 4 is 17.5 Å².